The molecule has 8 nitrogen and oxygen atoms in total. The zero-order valence-corrected chi connectivity index (χ0v) is 16.5. The molecule has 0 saturated carbocycles. The van der Waals surface area contributed by atoms with E-state index in [0.717, 1.165) is 5.69 Å². The minimum Gasteiger partial charge on any atom is -0.361 e. The molecule has 1 aromatic rings. The van der Waals surface area contributed by atoms with Crippen LogP contribution < -0.4 is 10.2 Å². The van der Waals surface area contributed by atoms with E-state index in [1.165, 1.54) is 18.0 Å². The Hall–Kier alpha value is -2.46. The van der Waals surface area contributed by atoms with Crippen molar-refractivity contribution in [2.75, 3.05) is 18.0 Å². The first-order valence-electron chi connectivity index (χ1n) is 8.42. The lowest BCUT2D eigenvalue weighted by molar-refractivity contribution is -0.131. The molecule has 2 aliphatic rings. The van der Waals surface area contributed by atoms with Gasteiger partial charge < -0.3 is 10.2 Å². The number of nitrogens with one attached hydrogen (secondary N) is 1. The van der Waals surface area contributed by atoms with Crippen LogP contribution in [0.15, 0.2) is 53.7 Å². The van der Waals surface area contributed by atoms with E-state index in [0.29, 0.717) is 8.61 Å². The molecular weight excluding hydrogens is 388 g/mol. The van der Waals surface area contributed by atoms with Crippen LogP contribution in [0.2, 0.25) is 0 Å². The molecule has 0 aromatic heterocycles. The first-order chi connectivity index (χ1) is 12.9. The molecule has 144 valence electrons. The Kier molecular flexibility index (Phi) is 5.47. The average molecular weight is 409 g/mol. The number of hydrogen-bond acceptors (Lipinski definition) is 7. The summed E-state index contributed by atoms with van der Waals surface area (Å²) in [5.41, 5.74) is 0.488. The predicted molar refractivity (Wildman–Crippen MR) is 104 cm³/mol. The van der Waals surface area contributed by atoms with Crippen LogP contribution in [0.25, 0.3) is 0 Å². The number of nitrogens with zero attached hydrogens (tertiary/aromatic N) is 3. The summed E-state index contributed by atoms with van der Waals surface area (Å²) in [4.78, 5) is 27.1. The summed E-state index contributed by atoms with van der Waals surface area (Å²) in [5.74, 6) is -1.64. The standard InChI is InChI=1S/C17H20N4O4S2/c1-3-20-15(22)14(16(23)21(4-2)27(20,24)25)12-18-17-19(10-11-26-17)13-8-6-5-7-9-13/h5-12,17-18H,3-4H2,1-2H3. The Morgan fingerprint density at radius 2 is 1.67 bits per heavy atom. The molecule has 1 N–H and O–H groups in total. The van der Waals surface area contributed by atoms with Crippen molar-refractivity contribution >= 4 is 39.5 Å². The molecule has 2 amide bonds. The van der Waals surface area contributed by atoms with E-state index >= 15 is 0 Å². The molecular formula is C17H20N4O4S2. The van der Waals surface area contributed by atoms with Crippen molar-refractivity contribution in [2.45, 2.75) is 19.3 Å². The van der Waals surface area contributed by atoms with Crippen LogP contribution in [0.4, 0.5) is 5.69 Å². The largest absolute Gasteiger partial charge is 0.361 e. The van der Waals surface area contributed by atoms with Gasteiger partial charge in [0.2, 0.25) is 0 Å². The van der Waals surface area contributed by atoms with E-state index in [1.807, 2.05) is 46.8 Å². The minimum absolute atomic E-state index is 0.0435. The zero-order valence-electron chi connectivity index (χ0n) is 14.9. The van der Waals surface area contributed by atoms with Crippen LogP contribution in [-0.2, 0) is 19.8 Å². The van der Waals surface area contributed by atoms with E-state index in [2.05, 4.69) is 5.32 Å². The SMILES string of the molecule is CCN1C(=O)C(=CNC2SC=CN2c2ccccc2)C(=O)N(CC)S1(=O)=O. The lowest BCUT2D eigenvalue weighted by Crippen LogP contribution is -2.56. The van der Waals surface area contributed by atoms with Crippen molar-refractivity contribution in [1.82, 2.24) is 13.9 Å². The highest BCUT2D eigenvalue weighted by molar-refractivity contribution is 8.03. The molecule has 1 atom stereocenters. The van der Waals surface area contributed by atoms with Crippen molar-refractivity contribution in [3.05, 3.63) is 53.7 Å². The lowest BCUT2D eigenvalue weighted by atomic mass is 10.2. The van der Waals surface area contributed by atoms with E-state index in [1.54, 1.807) is 13.8 Å². The lowest BCUT2D eigenvalue weighted by Gasteiger charge is -2.34. The monoisotopic (exact) mass is 408 g/mol. The maximum atomic E-state index is 12.6. The van der Waals surface area contributed by atoms with Crippen LogP contribution in [-0.4, -0.2) is 47.4 Å². The Morgan fingerprint density at radius 3 is 2.22 bits per heavy atom. The van der Waals surface area contributed by atoms with Gasteiger partial charge in [0.25, 0.3) is 11.8 Å². The summed E-state index contributed by atoms with van der Waals surface area (Å²) in [5, 5.41) is 4.95. The van der Waals surface area contributed by atoms with Crippen LogP contribution in [0.5, 0.6) is 0 Å². The third-order valence-corrected chi connectivity index (χ3v) is 7.01. The summed E-state index contributed by atoms with van der Waals surface area (Å²) in [7, 11) is -4.12. The highest BCUT2D eigenvalue weighted by atomic mass is 32.2. The molecule has 27 heavy (non-hydrogen) atoms. The third kappa shape index (κ3) is 3.42. The summed E-state index contributed by atoms with van der Waals surface area (Å²) < 4.78 is 26.2. The fourth-order valence-corrected chi connectivity index (χ4v) is 5.17. The van der Waals surface area contributed by atoms with Crippen molar-refractivity contribution in [3.8, 4) is 0 Å². The second-order valence-electron chi connectivity index (χ2n) is 5.69. The molecule has 3 rings (SSSR count). The van der Waals surface area contributed by atoms with E-state index in [-0.39, 0.29) is 24.2 Å². The van der Waals surface area contributed by atoms with Gasteiger partial charge in [0.1, 0.15) is 5.57 Å². The van der Waals surface area contributed by atoms with Crippen molar-refractivity contribution in [2.24, 2.45) is 0 Å². The van der Waals surface area contributed by atoms with Gasteiger partial charge in [0.05, 0.1) is 0 Å². The number of anilines is 1. The number of amides is 2. The number of carbonyl (C=O) groups excluding carboxylic acids is 2. The van der Waals surface area contributed by atoms with Crippen LogP contribution >= 0.6 is 11.8 Å². The number of benzene rings is 1. The van der Waals surface area contributed by atoms with Gasteiger partial charge in [-0.15, -0.1) is 0 Å². The van der Waals surface area contributed by atoms with Gasteiger partial charge in [0.15, 0.2) is 5.50 Å². The van der Waals surface area contributed by atoms with Crippen molar-refractivity contribution in [1.29, 1.82) is 0 Å². The van der Waals surface area contributed by atoms with Gasteiger partial charge in [-0.3, -0.25) is 9.59 Å². The van der Waals surface area contributed by atoms with E-state index < -0.39 is 22.0 Å². The normalized spacial score (nSPS) is 21.8. The second-order valence-corrected chi connectivity index (χ2v) is 8.46. The summed E-state index contributed by atoms with van der Waals surface area (Å²) in [6.45, 7) is 3.02. The van der Waals surface area contributed by atoms with Gasteiger partial charge in [-0.25, -0.2) is 8.61 Å². The number of rotatable bonds is 5. The molecule has 0 bridgehead atoms. The Morgan fingerprint density at radius 1 is 1.07 bits per heavy atom. The van der Waals surface area contributed by atoms with Crippen LogP contribution in [0, 0.1) is 0 Å². The highest BCUT2D eigenvalue weighted by Crippen LogP contribution is 2.29. The Balaban J connectivity index is 1.85. The second kappa shape index (κ2) is 7.65. The maximum Gasteiger partial charge on any atom is 0.331 e. The van der Waals surface area contributed by atoms with Crippen LogP contribution in [0.1, 0.15) is 13.8 Å². The van der Waals surface area contributed by atoms with Crippen LogP contribution in [0.3, 0.4) is 0 Å². The molecule has 0 spiro atoms. The Labute approximate surface area is 162 Å². The van der Waals surface area contributed by atoms with E-state index in [4.69, 9.17) is 0 Å². The molecule has 2 aliphatic heterocycles. The summed E-state index contributed by atoms with van der Waals surface area (Å²) in [6, 6.07) is 9.63. The molecule has 2 heterocycles. The van der Waals surface area contributed by atoms with Crippen molar-refractivity contribution in [3.63, 3.8) is 0 Å². The number of hydrogen-bond donors (Lipinski definition) is 1. The Bertz CT molecular complexity index is 867. The summed E-state index contributed by atoms with van der Waals surface area (Å²) in [6.07, 6.45) is 3.20. The molecule has 10 heteroatoms. The van der Waals surface area contributed by atoms with E-state index in [9.17, 15) is 18.0 Å². The quantitative estimate of drug-likeness (QED) is 0.582. The number of para-hydroxylation sites is 1. The predicted octanol–water partition coefficient (Wildman–Crippen LogP) is 1.42. The molecule has 1 fully saturated rings. The van der Waals surface area contributed by atoms with Gasteiger partial charge in [-0.2, -0.15) is 8.42 Å². The molecule has 1 unspecified atom stereocenters. The van der Waals surface area contributed by atoms with Gasteiger partial charge in [-0.05, 0) is 31.4 Å². The third-order valence-electron chi connectivity index (χ3n) is 4.15. The molecule has 1 saturated heterocycles. The van der Waals surface area contributed by atoms with Crippen molar-refractivity contribution < 1.29 is 18.0 Å². The zero-order chi connectivity index (χ0) is 19.6. The van der Waals surface area contributed by atoms with Gasteiger partial charge >= 0.3 is 10.2 Å². The first-order valence-corrected chi connectivity index (χ1v) is 10.8. The highest BCUT2D eigenvalue weighted by Gasteiger charge is 2.45. The fraction of sp³-hybridized carbons (Fsp3) is 0.294. The molecule has 0 radical (unpaired) electrons. The number of likely N-dealkylation sites (N-methyl/N-ethyl adjacent to an activating group) is 2. The van der Waals surface area contributed by atoms with Gasteiger partial charge in [0, 0.05) is 31.2 Å². The van der Waals surface area contributed by atoms with Gasteiger partial charge in [-0.1, -0.05) is 30.0 Å². The smallest absolute Gasteiger partial charge is 0.331 e. The maximum absolute atomic E-state index is 12.6. The molecule has 0 aliphatic carbocycles. The number of carbonyl (C=O) groups is 2. The average Bonchev–Trinajstić information content (AvgIpc) is 3.11. The number of thioether (sulfide) groups is 1. The first kappa shape index (κ1) is 19.3. The minimum atomic E-state index is -4.12. The summed E-state index contributed by atoms with van der Waals surface area (Å²) >= 11 is 1.47. The topological polar surface area (TPSA) is 90.0 Å². The molecule has 1 aromatic carbocycles. The fourth-order valence-electron chi connectivity index (χ4n) is 2.84.